The van der Waals surface area contributed by atoms with Crippen molar-refractivity contribution in [2.24, 2.45) is 5.41 Å². The van der Waals surface area contributed by atoms with Crippen LogP contribution in [0.2, 0.25) is 0 Å². The van der Waals surface area contributed by atoms with Crippen LogP contribution in [0.25, 0.3) is 6.08 Å². The molecule has 4 nitrogen and oxygen atoms in total. The maximum absolute atomic E-state index is 12.5. The van der Waals surface area contributed by atoms with Crippen LogP contribution in [0.5, 0.6) is 0 Å². The van der Waals surface area contributed by atoms with Crippen LogP contribution in [0.4, 0.5) is 0 Å². The molecule has 0 saturated heterocycles. The number of rotatable bonds is 10. The predicted octanol–water partition coefficient (Wildman–Crippen LogP) is 4.17. The van der Waals surface area contributed by atoms with Gasteiger partial charge >= 0.3 is 11.9 Å². The van der Waals surface area contributed by atoms with E-state index in [0.717, 1.165) is 5.56 Å². The predicted molar refractivity (Wildman–Crippen MR) is 95.2 cm³/mol. The monoisotopic (exact) mass is 330 g/mol. The molecule has 0 saturated carbocycles. The minimum absolute atomic E-state index is 0.219. The summed E-state index contributed by atoms with van der Waals surface area (Å²) in [5.74, 6) is -1.08. The molecule has 0 spiro atoms. The minimum Gasteiger partial charge on any atom is -0.465 e. The molecule has 0 unspecified atom stereocenters. The maximum atomic E-state index is 12.5. The Bertz CT molecular complexity index is 542. The first-order valence-electron chi connectivity index (χ1n) is 8.27. The Morgan fingerprint density at radius 2 is 1.67 bits per heavy atom. The molecule has 0 N–H and O–H groups in total. The van der Waals surface area contributed by atoms with Gasteiger partial charge in [0.25, 0.3) is 0 Å². The van der Waals surface area contributed by atoms with Crippen molar-refractivity contribution in [1.82, 2.24) is 0 Å². The molecule has 130 valence electrons. The van der Waals surface area contributed by atoms with Gasteiger partial charge in [-0.2, -0.15) is 0 Å². The molecule has 1 aromatic carbocycles. The van der Waals surface area contributed by atoms with Gasteiger partial charge in [0.15, 0.2) is 5.41 Å². The lowest BCUT2D eigenvalue weighted by Crippen LogP contribution is -2.41. The van der Waals surface area contributed by atoms with Crippen molar-refractivity contribution in [2.45, 2.75) is 33.1 Å². The van der Waals surface area contributed by atoms with Crippen molar-refractivity contribution in [2.75, 3.05) is 13.2 Å². The Labute approximate surface area is 144 Å². The number of carbonyl (C=O) groups is 2. The summed E-state index contributed by atoms with van der Waals surface area (Å²) < 4.78 is 10.3. The highest BCUT2D eigenvalue weighted by atomic mass is 16.6. The van der Waals surface area contributed by atoms with Crippen LogP contribution in [0.3, 0.4) is 0 Å². The molecule has 0 heterocycles. The summed E-state index contributed by atoms with van der Waals surface area (Å²) in [4.78, 5) is 25.1. The molecule has 0 radical (unpaired) electrons. The molecule has 0 aliphatic rings. The lowest BCUT2D eigenvalue weighted by molar-refractivity contribution is -0.172. The molecule has 0 amide bonds. The van der Waals surface area contributed by atoms with Gasteiger partial charge in [-0.25, -0.2) is 0 Å². The maximum Gasteiger partial charge on any atom is 0.323 e. The van der Waals surface area contributed by atoms with E-state index in [9.17, 15) is 9.59 Å². The molecule has 1 rings (SSSR count). The normalized spacial score (nSPS) is 11.2. The van der Waals surface area contributed by atoms with E-state index in [4.69, 9.17) is 9.47 Å². The lowest BCUT2D eigenvalue weighted by atomic mass is 9.79. The van der Waals surface area contributed by atoms with Crippen LogP contribution in [-0.4, -0.2) is 25.2 Å². The second-order valence-electron chi connectivity index (χ2n) is 5.37. The number of allylic oxidation sites excluding steroid dienone is 2. The van der Waals surface area contributed by atoms with E-state index < -0.39 is 17.4 Å². The standard InChI is InChI=1S/C20H26O4/c1-4-7-15-20(18(21)23-5-2,19(22)24-6-3)16-11-14-17-12-9-8-10-13-17/h4,8-14H,1,5-7,15-16H2,2-3H3/b14-11+. The van der Waals surface area contributed by atoms with Crippen LogP contribution in [0, 0.1) is 5.41 Å². The SMILES string of the molecule is C=CCCC(C/C=C/c1ccccc1)(C(=O)OCC)C(=O)OCC. The average molecular weight is 330 g/mol. The zero-order valence-corrected chi connectivity index (χ0v) is 14.5. The highest BCUT2D eigenvalue weighted by molar-refractivity contribution is 6.00. The van der Waals surface area contributed by atoms with Crippen molar-refractivity contribution in [1.29, 1.82) is 0 Å². The van der Waals surface area contributed by atoms with Crippen molar-refractivity contribution >= 4 is 18.0 Å². The average Bonchev–Trinajstić information content (AvgIpc) is 2.59. The highest BCUT2D eigenvalue weighted by Gasteiger charge is 2.47. The number of hydrogen-bond donors (Lipinski definition) is 0. The summed E-state index contributed by atoms with van der Waals surface area (Å²) in [6.45, 7) is 7.56. The lowest BCUT2D eigenvalue weighted by Gasteiger charge is -2.27. The summed E-state index contributed by atoms with van der Waals surface area (Å²) in [6, 6.07) is 9.71. The van der Waals surface area contributed by atoms with Crippen molar-refractivity contribution in [3.05, 3.63) is 54.6 Å². The molecule has 0 atom stereocenters. The molecule has 24 heavy (non-hydrogen) atoms. The van der Waals surface area contributed by atoms with Crippen molar-refractivity contribution in [3.63, 3.8) is 0 Å². The Hall–Kier alpha value is -2.36. The number of ether oxygens (including phenoxy) is 2. The van der Waals surface area contributed by atoms with Gasteiger partial charge in [-0.05, 0) is 38.7 Å². The Morgan fingerprint density at radius 3 is 2.17 bits per heavy atom. The summed E-state index contributed by atoms with van der Waals surface area (Å²) in [5.41, 5.74) is -0.325. The zero-order chi connectivity index (χ0) is 17.8. The van der Waals surface area contributed by atoms with Crippen LogP contribution >= 0.6 is 0 Å². The molecular formula is C20H26O4. The second-order valence-corrected chi connectivity index (χ2v) is 5.37. The van der Waals surface area contributed by atoms with Gasteiger partial charge in [0.2, 0.25) is 0 Å². The van der Waals surface area contributed by atoms with E-state index in [1.54, 1.807) is 19.9 Å². The van der Waals surface area contributed by atoms with E-state index in [1.165, 1.54) is 0 Å². The van der Waals surface area contributed by atoms with Crippen LogP contribution in [-0.2, 0) is 19.1 Å². The summed E-state index contributed by atoms with van der Waals surface area (Å²) in [6.07, 6.45) is 6.47. The van der Waals surface area contributed by atoms with Gasteiger partial charge in [0.05, 0.1) is 13.2 Å². The molecule has 0 fully saturated rings. The Morgan fingerprint density at radius 1 is 1.08 bits per heavy atom. The van der Waals surface area contributed by atoms with Crippen molar-refractivity contribution in [3.8, 4) is 0 Å². The third-order valence-corrected chi connectivity index (χ3v) is 3.68. The summed E-state index contributed by atoms with van der Waals surface area (Å²) >= 11 is 0. The third-order valence-electron chi connectivity index (χ3n) is 3.68. The van der Waals surface area contributed by atoms with E-state index >= 15 is 0 Å². The van der Waals surface area contributed by atoms with Gasteiger partial charge in [0, 0.05) is 0 Å². The first kappa shape index (κ1) is 19.7. The van der Waals surface area contributed by atoms with Gasteiger partial charge in [-0.3, -0.25) is 9.59 Å². The molecule has 0 aliphatic heterocycles. The van der Waals surface area contributed by atoms with Crippen LogP contribution in [0.15, 0.2) is 49.1 Å². The Kier molecular flexibility index (Phi) is 8.55. The molecule has 0 aromatic heterocycles. The fourth-order valence-electron chi connectivity index (χ4n) is 2.40. The molecule has 0 aliphatic carbocycles. The van der Waals surface area contributed by atoms with E-state index in [0.29, 0.717) is 12.8 Å². The Balaban J connectivity index is 3.07. The largest absolute Gasteiger partial charge is 0.465 e. The summed E-state index contributed by atoms with van der Waals surface area (Å²) in [7, 11) is 0. The number of carbonyl (C=O) groups excluding carboxylic acids is 2. The van der Waals surface area contributed by atoms with E-state index in [-0.39, 0.29) is 19.6 Å². The highest BCUT2D eigenvalue weighted by Crippen LogP contribution is 2.33. The second kappa shape index (κ2) is 10.4. The summed E-state index contributed by atoms with van der Waals surface area (Å²) in [5, 5.41) is 0. The third kappa shape index (κ3) is 5.37. The number of esters is 2. The van der Waals surface area contributed by atoms with Crippen LogP contribution in [0.1, 0.15) is 38.7 Å². The van der Waals surface area contributed by atoms with Crippen molar-refractivity contribution < 1.29 is 19.1 Å². The fourth-order valence-corrected chi connectivity index (χ4v) is 2.40. The molecule has 0 bridgehead atoms. The number of hydrogen-bond acceptors (Lipinski definition) is 4. The van der Waals surface area contributed by atoms with Crippen LogP contribution < -0.4 is 0 Å². The topological polar surface area (TPSA) is 52.6 Å². The quantitative estimate of drug-likeness (QED) is 0.367. The first-order valence-corrected chi connectivity index (χ1v) is 8.27. The zero-order valence-electron chi connectivity index (χ0n) is 14.5. The minimum atomic E-state index is -1.33. The fraction of sp³-hybridized carbons (Fsp3) is 0.400. The van der Waals surface area contributed by atoms with E-state index in [2.05, 4.69) is 6.58 Å². The first-order chi connectivity index (χ1) is 11.6. The number of benzene rings is 1. The molecular weight excluding hydrogens is 304 g/mol. The molecule has 4 heteroatoms. The smallest absolute Gasteiger partial charge is 0.323 e. The van der Waals surface area contributed by atoms with Gasteiger partial charge in [-0.1, -0.05) is 48.6 Å². The van der Waals surface area contributed by atoms with Gasteiger partial charge in [0.1, 0.15) is 0 Å². The van der Waals surface area contributed by atoms with Gasteiger partial charge < -0.3 is 9.47 Å². The molecule has 1 aromatic rings. The van der Waals surface area contributed by atoms with Gasteiger partial charge in [-0.15, -0.1) is 6.58 Å². The van der Waals surface area contributed by atoms with E-state index in [1.807, 2.05) is 42.5 Å².